The van der Waals surface area contributed by atoms with E-state index in [2.05, 4.69) is 29.2 Å². The van der Waals surface area contributed by atoms with E-state index in [1.165, 1.54) is 17.7 Å². The Bertz CT molecular complexity index is 821. The van der Waals surface area contributed by atoms with Gasteiger partial charge in [0.2, 0.25) is 5.91 Å². The monoisotopic (exact) mass is 433 g/mol. The minimum atomic E-state index is -0.269. The van der Waals surface area contributed by atoms with Crippen LogP contribution in [0, 0.1) is 11.7 Å². The molecular formula is C23H29ClFN3O2. The van der Waals surface area contributed by atoms with Crippen LogP contribution in [0.3, 0.4) is 0 Å². The summed E-state index contributed by atoms with van der Waals surface area (Å²) in [6, 6.07) is 16.7. The highest BCUT2D eigenvalue weighted by Gasteiger charge is 2.35. The minimum Gasteiger partial charge on any atom is -0.370 e. The van der Waals surface area contributed by atoms with Gasteiger partial charge in [-0.2, -0.15) is 0 Å². The summed E-state index contributed by atoms with van der Waals surface area (Å²) < 4.78 is 19.0. The molecule has 2 saturated heterocycles. The van der Waals surface area contributed by atoms with Crippen LogP contribution in [0.25, 0.3) is 0 Å². The van der Waals surface area contributed by atoms with Crippen molar-refractivity contribution in [1.29, 1.82) is 0 Å². The third kappa shape index (κ3) is 5.19. The van der Waals surface area contributed by atoms with Gasteiger partial charge in [0, 0.05) is 25.6 Å². The number of rotatable bonds is 5. The first-order valence-electron chi connectivity index (χ1n) is 10.3. The highest BCUT2D eigenvalue weighted by Crippen LogP contribution is 2.32. The van der Waals surface area contributed by atoms with Crippen molar-refractivity contribution >= 4 is 18.3 Å². The van der Waals surface area contributed by atoms with Crippen molar-refractivity contribution in [2.24, 2.45) is 11.7 Å². The standard InChI is InChI=1S/C23H28FN3O2.ClH/c24-20-8-6-18(7-9-20)22-15-27(10-11-29-22)23(28)16-26-13-19(12-25)21(14-26)17-4-2-1-3-5-17;/h1-9,19,21-22H,10-16,25H2;1H/t19-,21+,22?;/m1./s1. The minimum absolute atomic E-state index is 0. The van der Waals surface area contributed by atoms with Crippen molar-refractivity contribution in [2.75, 3.05) is 45.9 Å². The third-order valence-electron chi connectivity index (χ3n) is 6.07. The van der Waals surface area contributed by atoms with Crippen LogP contribution in [0.15, 0.2) is 54.6 Å². The molecule has 0 aliphatic carbocycles. The molecule has 30 heavy (non-hydrogen) atoms. The average Bonchev–Trinajstić information content (AvgIpc) is 3.18. The molecule has 0 radical (unpaired) electrons. The Balaban J connectivity index is 0.00000256. The molecule has 2 fully saturated rings. The molecular weight excluding hydrogens is 405 g/mol. The van der Waals surface area contributed by atoms with Crippen LogP contribution in [-0.4, -0.2) is 61.6 Å². The first-order chi connectivity index (χ1) is 14.1. The van der Waals surface area contributed by atoms with Gasteiger partial charge < -0.3 is 15.4 Å². The molecule has 3 atom stereocenters. The number of morpholine rings is 1. The Morgan fingerprint density at radius 2 is 1.77 bits per heavy atom. The maximum atomic E-state index is 13.2. The van der Waals surface area contributed by atoms with E-state index in [0.717, 1.165) is 18.7 Å². The smallest absolute Gasteiger partial charge is 0.236 e. The normalized spacial score (nSPS) is 24.5. The summed E-state index contributed by atoms with van der Waals surface area (Å²) in [5.74, 6) is 0.575. The molecule has 162 valence electrons. The van der Waals surface area contributed by atoms with Crippen LogP contribution in [0.4, 0.5) is 4.39 Å². The lowest BCUT2D eigenvalue weighted by Crippen LogP contribution is -2.46. The number of nitrogens with two attached hydrogens (primary N) is 1. The van der Waals surface area contributed by atoms with E-state index in [1.807, 2.05) is 11.0 Å². The zero-order valence-corrected chi connectivity index (χ0v) is 17.8. The molecule has 2 aliphatic heterocycles. The lowest BCUT2D eigenvalue weighted by Gasteiger charge is -2.34. The molecule has 2 aliphatic rings. The van der Waals surface area contributed by atoms with Gasteiger partial charge in [0.05, 0.1) is 19.7 Å². The Labute approximate surface area is 183 Å². The van der Waals surface area contributed by atoms with Crippen LogP contribution >= 0.6 is 12.4 Å². The topological polar surface area (TPSA) is 58.8 Å². The number of amides is 1. The van der Waals surface area contributed by atoms with Crippen molar-refractivity contribution in [1.82, 2.24) is 9.80 Å². The Morgan fingerprint density at radius 3 is 2.47 bits per heavy atom. The van der Waals surface area contributed by atoms with E-state index in [9.17, 15) is 9.18 Å². The van der Waals surface area contributed by atoms with E-state index in [0.29, 0.717) is 44.6 Å². The Hall–Kier alpha value is -1.99. The number of likely N-dealkylation sites (tertiary alicyclic amines) is 1. The van der Waals surface area contributed by atoms with Crippen LogP contribution < -0.4 is 5.73 Å². The fourth-order valence-corrected chi connectivity index (χ4v) is 4.45. The number of carbonyl (C=O) groups is 1. The fourth-order valence-electron chi connectivity index (χ4n) is 4.45. The number of ether oxygens (including phenoxy) is 1. The van der Waals surface area contributed by atoms with Crippen molar-refractivity contribution in [3.05, 3.63) is 71.5 Å². The van der Waals surface area contributed by atoms with E-state index in [-0.39, 0.29) is 30.2 Å². The molecule has 0 aromatic heterocycles. The second-order valence-corrected chi connectivity index (χ2v) is 7.96. The summed E-state index contributed by atoms with van der Waals surface area (Å²) in [6.07, 6.45) is -0.208. The lowest BCUT2D eigenvalue weighted by molar-refractivity contribution is -0.140. The highest BCUT2D eigenvalue weighted by atomic mass is 35.5. The van der Waals surface area contributed by atoms with E-state index >= 15 is 0 Å². The molecule has 7 heteroatoms. The first kappa shape index (κ1) is 22.7. The van der Waals surface area contributed by atoms with Gasteiger partial charge in [0.15, 0.2) is 0 Å². The van der Waals surface area contributed by atoms with Gasteiger partial charge in [0.25, 0.3) is 0 Å². The Kier molecular flexibility index (Phi) is 7.83. The van der Waals surface area contributed by atoms with Gasteiger partial charge in [-0.3, -0.25) is 9.69 Å². The molecule has 4 rings (SSSR count). The van der Waals surface area contributed by atoms with Crippen molar-refractivity contribution in [3.8, 4) is 0 Å². The number of nitrogens with zero attached hydrogens (tertiary/aromatic N) is 2. The lowest BCUT2D eigenvalue weighted by atomic mass is 9.89. The maximum absolute atomic E-state index is 13.2. The summed E-state index contributed by atoms with van der Waals surface area (Å²) in [5, 5.41) is 0. The molecule has 0 saturated carbocycles. The predicted molar refractivity (Wildman–Crippen MR) is 117 cm³/mol. The van der Waals surface area contributed by atoms with Crippen LogP contribution in [-0.2, 0) is 9.53 Å². The van der Waals surface area contributed by atoms with Crippen molar-refractivity contribution in [3.63, 3.8) is 0 Å². The second kappa shape index (κ2) is 10.4. The highest BCUT2D eigenvalue weighted by molar-refractivity contribution is 5.85. The van der Waals surface area contributed by atoms with Crippen molar-refractivity contribution in [2.45, 2.75) is 12.0 Å². The first-order valence-corrected chi connectivity index (χ1v) is 10.3. The molecule has 0 bridgehead atoms. The van der Waals surface area contributed by atoms with Crippen LogP contribution in [0.1, 0.15) is 23.1 Å². The molecule has 5 nitrogen and oxygen atoms in total. The third-order valence-corrected chi connectivity index (χ3v) is 6.07. The van der Waals surface area contributed by atoms with Gasteiger partial charge >= 0.3 is 0 Å². The van der Waals surface area contributed by atoms with E-state index in [1.54, 1.807) is 12.1 Å². The summed E-state index contributed by atoms with van der Waals surface area (Å²) >= 11 is 0. The molecule has 2 aromatic carbocycles. The zero-order valence-electron chi connectivity index (χ0n) is 17.0. The van der Waals surface area contributed by atoms with Gasteiger partial charge in [0.1, 0.15) is 11.9 Å². The molecule has 2 N–H and O–H groups in total. The van der Waals surface area contributed by atoms with Gasteiger partial charge in [-0.05, 0) is 35.7 Å². The molecule has 2 aromatic rings. The summed E-state index contributed by atoms with van der Waals surface area (Å²) in [7, 11) is 0. The second-order valence-electron chi connectivity index (χ2n) is 7.96. The zero-order chi connectivity index (χ0) is 20.2. The van der Waals surface area contributed by atoms with Gasteiger partial charge in [-0.1, -0.05) is 42.5 Å². The number of hydrogen-bond acceptors (Lipinski definition) is 4. The van der Waals surface area contributed by atoms with E-state index in [4.69, 9.17) is 10.5 Å². The summed E-state index contributed by atoms with van der Waals surface area (Å²) in [5.41, 5.74) is 8.22. The largest absolute Gasteiger partial charge is 0.370 e. The maximum Gasteiger partial charge on any atom is 0.236 e. The quantitative estimate of drug-likeness (QED) is 0.787. The predicted octanol–water partition coefficient (Wildman–Crippen LogP) is 2.82. The molecule has 0 spiro atoms. The molecule has 1 amide bonds. The summed E-state index contributed by atoms with van der Waals surface area (Å²) in [6.45, 7) is 4.29. The SMILES string of the molecule is Cl.NC[C@@H]1CN(CC(=O)N2CCOC(c3ccc(F)cc3)C2)C[C@H]1c1ccccc1. The Morgan fingerprint density at radius 1 is 1.03 bits per heavy atom. The van der Waals surface area contributed by atoms with Gasteiger partial charge in [-0.25, -0.2) is 4.39 Å². The van der Waals surface area contributed by atoms with Crippen LogP contribution in [0.2, 0.25) is 0 Å². The molecule has 2 heterocycles. The summed E-state index contributed by atoms with van der Waals surface area (Å²) in [4.78, 5) is 17.0. The number of carbonyl (C=O) groups excluding carboxylic acids is 1. The van der Waals surface area contributed by atoms with Gasteiger partial charge in [-0.15, -0.1) is 12.4 Å². The van der Waals surface area contributed by atoms with Crippen LogP contribution in [0.5, 0.6) is 0 Å². The average molecular weight is 434 g/mol. The number of hydrogen-bond donors (Lipinski definition) is 1. The fraction of sp³-hybridized carbons (Fsp3) is 0.435. The number of benzene rings is 2. The molecule has 1 unspecified atom stereocenters. The van der Waals surface area contributed by atoms with Crippen molar-refractivity contribution < 1.29 is 13.9 Å². The number of halogens is 2. The van der Waals surface area contributed by atoms with E-state index < -0.39 is 0 Å².